The predicted octanol–water partition coefficient (Wildman–Crippen LogP) is 2.59. The van der Waals surface area contributed by atoms with E-state index in [2.05, 4.69) is 27.5 Å². The Balaban J connectivity index is 0.00000338. The Morgan fingerprint density at radius 3 is 2.81 bits per heavy atom. The van der Waals surface area contributed by atoms with Crippen molar-refractivity contribution in [2.75, 3.05) is 20.2 Å². The Labute approximate surface area is 172 Å². The van der Waals surface area contributed by atoms with Crippen LogP contribution in [-0.4, -0.2) is 38.1 Å². The summed E-state index contributed by atoms with van der Waals surface area (Å²) in [5, 5.41) is 9.49. The van der Waals surface area contributed by atoms with Crippen molar-refractivity contribution < 1.29 is 9.53 Å². The summed E-state index contributed by atoms with van der Waals surface area (Å²) in [5.74, 6) is 1.68. The zero-order valence-corrected chi connectivity index (χ0v) is 17.6. The van der Waals surface area contributed by atoms with Gasteiger partial charge in [0.25, 0.3) is 0 Å². The summed E-state index contributed by atoms with van der Waals surface area (Å²) in [5.41, 5.74) is 1.05. The molecule has 2 rings (SSSR count). The van der Waals surface area contributed by atoms with Crippen LogP contribution in [0, 0.1) is 0 Å². The summed E-state index contributed by atoms with van der Waals surface area (Å²) in [6.45, 7) is 5.45. The minimum atomic E-state index is 0. The monoisotopic (exact) mass is 472 g/mol. The van der Waals surface area contributed by atoms with Crippen molar-refractivity contribution >= 4 is 35.8 Å². The molecule has 1 amide bonds. The predicted molar refractivity (Wildman–Crippen MR) is 116 cm³/mol. The van der Waals surface area contributed by atoms with Crippen LogP contribution in [0.3, 0.4) is 0 Å². The van der Waals surface area contributed by atoms with Crippen molar-refractivity contribution in [1.29, 1.82) is 0 Å². The van der Waals surface area contributed by atoms with Crippen LogP contribution in [-0.2, 0) is 11.3 Å². The van der Waals surface area contributed by atoms with Gasteiger partial charge in [-0.05, 0) is 25.3 Å². The number of ether oxygens (including phenoxy) is 1. The van der Waals surface area contributed by atoms with Gasteiger partial charge in [-0.25, -0.2) is 0 Å². The van der Waals surface area contributed by atoms with Gasteiger partial charge in [0.2, 0.25) is 5.91 Å². The van der Waals surface area contributed by atoms with Crippen LogP contribution in [0.4, 0.5) is 0 Å². The molecule has 0 saturated heterocycles. The van der Waals surface area contributed by atoms with Gasteiger partial charge in [0, 0.05) is 38.2 Å². The van der Waals surface area contributed by atoms with Gasteiger partial charge in [0.1, 0.15) is 12.4 Å². The van der Waals surface area contributed by atoms with E-state index in [1.165, 1.54) is 0 Å². The maximum Gasteiger partial charge on any atom is 0.220 e. The number of hydrogen-bond acceptors (Lipinski definition) is 3. The lowest BCUT2D eigenvalue weighted by Gasteiger charge is -2.14. The molecular weight excluding hydrogens is 443 g/mol. The number of halogens is 1. The molecule has 0 heterocycles. The number of amides is 1. The number of nitrogens with zero attached hydrogens (tertiary/aromatic N) is 1. The fraction of sp³-hybridized carbons (Fsp3) is 0.474. The molecule has 6 nitrogen and oxygen atoms in total. The summed E-state index contributed by atoms with van der Waals surface area (Å²) < 4.78 is 5.65. The number of carbonyl (C=O) groups excluding carboxylic acids is 1. The molecule has 3 N–H and O–H groups in total. The van der Waals surface area contributed by atoms with E-state index in [1.54, 1.807) is 13.1 Å². The highest BCUT2D eigenvalue weighted by Crippen LogP contribution is 2.19. The van der Waals surface area contributed by atoms with E-state index in [1.807, 2.05) is 24.3 Å². The Morgan fingerprint density at radius 1 is 1.35 bits per heavy atom. The van der Waals surface area contributed by atoms with Gasteiger partial charge < -0.3 is 20.7 Å². The first-order valence-corrected chi connectivity index (χ1v) is 8.78. The van der Waals surface area contributed by atoms with E-state index >= 15 is 0 Å². The van der Waals surface area contributed by atoms with Gasteiger partial charge in [0.15, 0.2) is 5.96 Å². The second-order valence-electron chi connectivity index (χ2n) is 6.01. The number of carbonyl (C=O) groups is 1. The highest BCUT2D eigenvalue weighted by molar-refractivity contribution is 14.0. The van der Waals surface area contributed by atoms with Crippen molar-refractivity contribution in [2.24, 2.45) is 4.99 Å². The first-order chi connectivity index (χ1) is 12.2. The van der Waals surface area contributed by atoms with E-state index in [-0.39, 0.29) is 29.9 Å². The van der Waals surface area contributed by atoms with E-state index in [4.69, 9.17) is 4.74 Å². The van der Waals surface area contributed by atoms with Gasteiger partial charge in [-0.2, -0.15) is 0 Å². The first-order valence-electron chi connectivity index (χ1n) is 8.78. The molecule has 1 aliphatic rings. The highest BCUT2D eigenvalue weighted by atomic mass is 127. The molecule has 7 heteroatoms. The van der Waals surface area contributed by atoms with Gasteiger partial charge in [-0.3, -0.25) is 9.79 Å². The first kappa shape index (κ1) is 22.3. The fourth-order valence-corrected chi connectivity index (χ4v) is 2.32. The summed E-state index contributed by atoms with van der Waals surface area (Å²) in [7, 11) is 1.73. The van der Waals surface area contributed by atoms with E-state index in [9.17, 15) is 4.79 Å². The Bertz CT molecular complexity index is 603. The number of hydrogen-bond donors (Lipinski definition) is 3. The lowest BCUT2D eigenvalue weighted by Crippen LogP contribution is -2.37. The molecular formula is C19H29IN4O2. The number of nitrogens with one attached hydrogen (secondary N) is 3. The van der Waals surface area contributed by atoms with Crippen LogP contribution in [0.15, 0.2) is 41.9 Å². The van der Waals surface area contributed by atoms with Crippen molar-refractivity contribution in [1.82, 2.24) is 16.0 Å². The molecule has 1 saturated carbocycles. The Hall–Kier alpha value is -1.77. The minimum absolute atomic E-state index is 0. The third-order valence-electron chi connectivity index (χ3n) is 3.81. The van der Waals surface area contributed by atoms with E-state index < -0.39 is 0 Å². The molecule has 0 bridgehead atoms. The molecule has 0 aliphatic heterocycles. The van der Waals surface area contributed by atoms with Crippen LogP contribution < -0.4 is 20.7 Å². The number of benzene rings is 1. The molecule has 0 spiro atoms. The third-order valence-corrected chi connectivity index (χ3v) is 3.81. The molecule has 0 atom stereocenters. The van der Waals surface area contributed by atoms with E-state index in [0.717, 1.165) is 30.6 Å². The topological polar surface area (TPSA) is 74.8 Å². The molecule has 0 aromatic heterocycles. The van der Waals surface area contributed by atoms with Gasteiger partial charge >= 0.3 is 0 Å². The standard InChI is InChI=1S/C19H28N4O2.HI/c1-3-13-25-17-8-5-4-7-15(17)14-22-19(20-2)21-12-6-9-18(24)23-16-10-11-16;/h3-5,7-8,16H,1,6,9-14H2,2H3,(H,23,24)(H2,20,21,22);1H. The van der Waals surface area contributed by atoms with E-state index in [0.29, 0.717) is 38.1 Å². The second kappa shape index (κ2) is 12.6. The van der Waals surface area contributed by atoms with Crippen molar-refractivity contribution in [3.63, 3.8) is 0 Å². The number of aliphatic imine (C=N–C) groups is 1. The Kier molecular flexibility index (Phi) is 10.8. The van der Waals surface area contributed by atoms with Gasteiger partial charge in [-0.15, -0.1) is 24.0 Å². The maximum absolute atomic E-state index is 11.6. The molecule has 1 aromatic carbocycles. The zero-order chi connectivity index (χ0) is 17.9. The molecule has 1 aromatic rings. The van der Waals surface area contributed by atoms with Crippen LogP contribution >= 0.6 is 24.0 Å². The van der Waals surface area contributed by atoms with Crippen molar-refractivity contribution in [2.45, 2.75) is 38.3 Å². The van der Waals surface area contributed by atoms with Crippen molar-refractivity contribution in [3.05, 3.63) is 42.5 Å². The lowest BCUT2D eigenvalue weighted by molar-refractivity contribution is -0.121. The molecule has 1 fully saturated rings. The number of rotatable bonds is 10. The second-order valence-corrected chi connectivity index (χ2v) is 6.01. The molecule has 144 valence electrons. The minimum Gasteiger partial charge on any atom is -0.489 e. The average Bonchev–Trinajstić information content (AvgIpc) is 3.44. The van der Waals surface area contributed by atoms with Gasteiger partial charge in [0.05, 0.1) is 0 Å². The molecule has 1 aliphatic carbocycles. The highest BCUT2D eigenvalue weighted by Gasteiger charge is 2.22. The number of guanidine groups is 1. The average molecular weight is 472 g/mol. The quantitative estimate of drug-likeness (QED) is 0.161. The van der Waals surface area contributed by atoms with Crippen LogP contribution in [0.25, 0.3) is 0 Å². The van der Waals surface area contributed by atoms with Crippen LogP contribution in [0.1, 0.15) is 31.2 Å². The van der Waals surface area contributed by atoms with Gasteiger partial charge in [-0.1, -0.05) is 30.9 Å². The molecule has 26 heavy (non-hydrogen) atoms. The van der Waals surface area contributed by atoms with Crippen LogP contribution in [0.5, 0.6) is 5.75 Å². The molecule has 0 unspecified atom stereocenters. The zero-order valence-electron chi connectivity index (χ0n) is 15.3. The smallest absolute Gasteiger partial charge is 0.220 e. The number of para-hydroxylation sites is 1. The Morgan fingerprint density at radius 2 is 2.12 bits per heavy atom. The molecule has 0 radical (unpaired) electrons. The van der Waals surface area contributed by atoms with Crippen molar-refractivity contribution in [3.8, 4) is 5.75 Å². The summed E-state index contributed by atoms with van der Waals surface area (Å²) in [6, 6.07) is 8.31. The summed E-state index contributed by atoms with van der Waals surface area (Å²) in [6.07, 6.45) is 5.29. The lowest BCUT2D eigenvalue weighted by atomic mass is 10.2. The summed E-state index contributed by atoms with van der Waals surface area (Å²) >= 11 is 0. The SMILES string of the molecule is C=CCOc1ccccc1CNC(=NC)NCCCC(=O)NC1CC1.I. The third kappa shape index (κ3) is 8.55. The van der Waals surface area contributed by atoms with Crippen LogP contribution in [0.2, 0.25) is 0 Å². The fourth-order valence-electron chi connectivity index (χ4n) is 2.32. The summed E-state index contributed by atoms with van der Waals surface area (Å²) in [4.78, 5) is 15.8. The maximum atomic E-state index is 11.6. The largest absolute Gasteiger partial charge is 0.489 e. The normalized spacial score (nSPS) is 13.3.